The first-order valence-corrected chi connectivity index (χ1v) is 9.41. The van der Waals surface area contributed by atoms with Crippen LogP contribution in [0.25, 0.3) is 6.08 Å². The molecule has 2 heterocycles. The quantitative estimate of drug-likeness (QED) is 0.761. The molecule has 27 heavy (non-hydrogen) atoms. The Morgan fingerprint density at radius 2 is 1.96 bits per heavy atom. The molecule has 1 fully saturated rings. The molecule has 6 nitrogen and oxygen atoms in total. The van der Waals surface area contributed by atoms with Gasteiger partial charge in [-0.1, -0.05) is 23.7 Å². The number of imide groups is 1. The van der Waals surface area contributed by atoms with Crippen LogP contribution in [-0.2, 0) is 4.79 Å². The van der Waals surface area contributed by atoms with E-state index in [0.29, 0.717) is 27.0 Å². The molecular formula is C19H17ClN2O4S. The van der Waals surface area contributed by atoms with Gasteiger partial charge >= 0.3 is 0 Å². The van der Waals surface area contributed by atoms with E-state index in [9.17, 15) is 14.4 Å². The molecule has 0 spiro atoms. The van der Waals surface area contributed by atoms with Crippen LogP contribution in [0, 0.1) is 13.8 Å². The first-order valence-electron chi connectivity index (χ1n) is 8.21. The van der Waals surface area contributed by atoms with Crippen molar-refractivity contribution in [3.63, 3.8) is 0 Å². The molecule has 3 amide bonds. The fourth-order valence-electron chi connectivity index (χ4n) is 2.64. The second-order valence-electron chi connectivity index (χ2n) is 5.97. The summed E-state index contributed by atoms with van der Waals surface area (Å²) in [4.78, 5) is 38.2. The van der Waals surface area contributed by atoms with Crippen LogP contribution in [0.5, 0.6) is 0 Å². The van der Waals surface area contributed by atoms with E-state index in [-0.39, 0.29) is 30.1 Å². The number of aryl methyl sites for hydroxylation is 2. The Morgan fingerprint density at radius 1 is 1.26 bits per heavy atom. The monoisotopic (exact) mass is 404 g/mol. The lowest BCUT2D eigenvalue weighted by atomic mass is 10.2. The van der Waals surface area contributed by atoms with E-state index in [4.69, 9.17) is 16.0 Å². The summed E-state index contributed by atoms with van der Waals surface area (Å²) in [6.07, 6.45) is 1.65. The van der Waals surface area contributed by atoms with E-state index in [1.54, 1.807) is 50.3 Å². The smallest absolute Gasteiger partial charge is 0.293 e. The van der Waals surface area contributed by atoms with Crippen molar-refractivity contribution in [1.82, 2.24) is 10.2 Å². The molecule has 0 aliphatic carbocycles. The zero-order valence-electron chi connectivity index (χ0n) is 14.7. The molecule has 1 aliphatic rings. The SMILES string of the molecule is Cc1cc(C(=O)NCCN2C(=O)S/C(=C\c3ccc(Cl)cc3)C2=O)c(C)o1. The summed E-state index contributed by atoms with van der Waals surface area (Å²) < 4.78 is 5.33. The predicted octanol–water partition coefficient (Wildman–Crippen LogP) is 4.02. The normalized spacial score (nSPS) is 15.7. The maximum absolute atomic E-state index is 12.5. The van der Waals surface area contributed by atoms with Crippen molar-refractivity contribution in [2.45, 2.75) is 13.8 Å². The highest BCUT2D eigenvalue weighted by atomic mass is 35.5. The summed E-state index contributed by atoms with van der Waals surface area (Å²) >= 11 is 6.73. The van der Waals surface area contributed by atoms with E-state index in [1.165, 1.54) is 0 Å². The molecule has 1 saturated heterocycles. The number of halogens is 1. The van der Waals surface area contributed by atoms with Crippen LogP contribution < -0.4 is 5.32 Å². The molecule has 1 aliphatic heterocycles. The van der Waals surface area contributed by atoms with Gasteiger partial charge in [0.2, 0.25) is 0 Å². The number of nitrogens with zero attached hydrogens (tertiary/aromatic N) is 1. The molecule has 0 atom stereocenters. The lowest BCUT2D eigenvalue weighted by Crippen LogP contribution is -2.37. The van der Waals surface area contributed by atoms with Crippen LogP contribution in [0.15, 0.2) is 39.7 Å². The molecule has 3 rings (SSSR count). The van der Waals surface area contributed by atoms with Gasteiger partial charge in [0.05, 0.1) is 10.5 Å². The van der Waals surface area contributed by atoms with Crippen LogP contribution in [0.2, 0.25) is 5.02 Å². The average molecular weight is 405 g/mol. The summed E-state index contributed by atoms with van der Waals surface area (Å²) in [6.45, 7) is 3.73. The third kappa shape index (κ3) is 4.43. The van der Waals surface area contributed by atoms with Crippen LogP contribution >= 0.6 is 23.4 Å². The standard InChI is InChI=1S/C19H17ClN2O4S/c1-11-9-15(12(2)26-11)17(23)21-7-8-22-18(24)16(27-19(22)25)10-13-3-5-14(20)6-4-13/h3-6,9-10H,7-8H2,1-2H3,(H,21,23)/b16-10-. The number of furan rings is 1. The zero-order chi connectivity index (χ0) is 19.6. The van der Waals surface area contributed by atoms with Crippen molar-refractivity contribution in [2.75, 3.05) is 13.1 Å². The van der Waals surface area contributed by atoms with Gasteiger partial charge in [0, 0.05) is 18.1 Å². The molecule has 0 bridgehead atoms. The van der Waals surface area contributed by atoms with E-state index in [2.05, 4.69) is 5.32 Å². The Balaban J connectivity index is 1.60. The van der Waals surface area contributed by atoms with Crippen LogP contribution in [-0.4, -0.2) is 35.0 Å². The number of carbonyl (C=O) groups excluding carboxylic acids is 3. The lowest BCUT2D eigenvalue weighted by Gasteiger charge is -2.12. The van der Waals surface area contributed by atoms with Crippen molar-refractivity contribution in [3.8, 4) is 0 Å². The van der Waals surface area contributed by atoms with E-state index < -0.39 is 0 Å². The van der Waals surface area contributed by atoms with Crippen molar-refractivity contribution in [2.24, 2.45) is 0 Å². The van der Waals surface area contributed by atoms with E-state index in [1.807, 2.05) is 0 Å². The molecular weight excluding hydrogens is 388 g/mol. The van der Waals surface area contributed by atoms with Crippen molar-refractivity contribution in [1.29, 1.82) is 0 Å². The highest BCUT2D eigenvalue weighted by molar-refractivity contribution is 8.18. The first kappa shape index (κ1) is 19.3. The fraction of sp³-hybridized carbons (Fsp3) is 0.211. The number of nitrogens with one attached hydrogen (secondary N) is 1. The molecule has 2 aromatic rings. The second-order valence-corrected chi connectivity index (χ2v) is 7.40. The number of amides is 3. The molecule has 0 saturated carbocycles. The summed E-state index contributed by atoms with van der Waals surface area (Å²) in [6, 6.07) is 8.62. The number of thioether (sulfide) groups is 1. The number of rotatable bonds is 5. The third-order valence-electron chi connectivity index (χ3n) is 3.95. The third-order valence-corrected chi connectivity index (χ3v) is 5.11. The van der Waals surface area contributed by atoms with Gasteiger partial charge in [-0.25, -0.2) is 0 Å². The van der Waals surface area contributed by atoms with Crippen molar-refractivity contribution >= 4 is 46.5 Å². The summed E-state index contributed by atoms with van der Waals surface area (Å²) in [5, 5.41) is 2.94. The molecule has 1 aromatic carbocycles. The minimum atomic E-state index is -0.371. The van der Waals surface area contributed by atoms with Gasteiger partial charge in [-0.05, 0) is 55.4 Å². The van der Waals surface area contributed by atoms with Crippen molar-refractivity contribution < 1.29 is 18.8 Å². The van der Waals surface area contributed by atoms with E-state index >= 15 is 0 Å². The van der Waals surface area contributed by atoms with E-state index in [0.717, 1.165) is 22.2 Å². The molecule has 140 valence electrons. The topological polar surface area (TPSA) is 79.6 Å². The Bertz CT molecular complexity index is 934. The van der Waals surface area contributed by atoms with Crippen LogP contribution in [0.1, 0.15) is 27.4 Å². The van der Waals surface area contributed by atoms with Crippen molar-refractivity contribution in [3.05, 3.63) is 62.9 Å². The Labute approximate surface area is 165 Å². The highest BCUT2D eigenvalue weighted by Crippen LogP contribution is 2.32. The zero-order valence-corrected chi connectivity index (χ0v) is 16.3. The maximum atomic E-state index is 12.5. The summed E-state index contributed by atoms with van der Waals surface area (Å²) in [7, 11) is 0. The molecule has 0 unspecified atom stereocenters. The van der Waals surface area contributed by atoms with Gasteiger partial charge in [-0.2, -0.15) is 0 Å². The van der Waals surface area contributed by atoms with Gasteiger partial charge < -0.3 is 9.73 Å². The van der Waals surface area contributed by atoms with Gasteiger partial charge in [0.1, 0.15) is 11.5 Å². The second kappa shape index (κ2) is 8.02. The molecule has 0 radical (unpaired) electrons. The minimum absolute atomic E-state index is 0.101. The number of benzene rings is 1. The molecule has 1 aromatic heterocycles. The Kier molecular flexibility index (Phi) is 5.72. The predicted molar refractivity (Wildman–Crippen MR) is 105 cm³/mol. The largest absolute Gasteiger partial charge is 0.466 e. The summed E-state index contributed by atoms with van der Waals surface area (Å²) in [5.74, 6) is 0.510. The fourth-order valence-corrected chi connectivity index (χ4v) is 3.63. The average Bonchev–Trinajstić information content (AvgIpc) is 3.09. The van der Waals surface area contributed by atoms with Gasteiger partial charge in [-0.15, -0.1) is 0 Å². The molecule has 1 N–H and O–H groups in total. The Morgan fingerprint density at radius 3 is 2.59 bits per heavy atom. The number of hydrogen-bond acceptors (Lipinski definition) is 5. The highest BCUT2D eigenvalue weighted by Gasteiger charge is 2.34. The summed E-state index contributed by atoms with van der Waals surface area (Å²) in [5.41, 5.74) is 1.23. The first-order chi connectivity index (χ1) is 12.8. The van der Waals surface area contributed by atoms with Gasteiger partial charge in [0.25, 0.3) is 17.1 Å². The number of hydrogen-bond donors (Lipinski definition) is 1. The lowest BCUT2D eigenvalue weighted by molar-refractivity contribution is -0.122. The van der Waals surface area contributed by atoms with Crippen LogP contribution in [0.3, 0.4) is 0 Å². The Hall–Kier alpha value is -2.51. The minimum Gasteiger partial charge on any atom is -0.466 e. The van der Waals surface area contributed by atoms with Gasteiger partial charge in [-0.3, -0.25) is 19.3 Å². The maximum Gasteiger partial charge on any atom is 0.293 e. The number of carbonyl (C=O) groups is 3. The molecule has 8 heteroatoms. The van der Waals surface area contributed by atoms with Gasteiger partial charge in [0.15, 0.2) is 0 Å². The van der Waals surface area contributed by atoms with Crippen LogP contribution in [0.4, 0.5) is 4.79 Å².